The molecule has 0 amide bonds. The van der Waals surface area contributed by atoms with E-state index in [1.807, 2.05) is 35.9 Å². The third kappa shape index (κ3) is 6.44. The van der Waals surface area contributed by atoms with Crippen molar-refractivity contribution in [3.63, 3.8) is 0 Å². The molecular formula is C31H40N6O4. The van der Waals surface area contributed by atoms with E-state index in [9.17, 15) is 4.79 Å². The lowest BCUT2D eigenvalue weighted by Crippen LogP contribution is -2.34. The van der Waals surface area contributed by atoms with Gasteiger partial charge in [0.05, 0.1) is 32.9 Å². The summed E-state index contributed by atoms with van der Waals surface area (Å²) in [4.78, 5) is 18.8. The van der Waals surface area contributed by atoms with E-state index in [0.29, 0.717) is 36.7 Å². The number of methoxy groups -OCH3 is 2. The van der Waals surface area contributed by atoms with Crippen LogP contribution >= 0.6 is 0 Å². The summed E-state index contributed by atoms with van der Waals surface area (Å²) >= 11 is 0. The molecule has 1 aliphatic rings. The van der Waals surface area contributed by atoms with Gasteiger partial charge in [0.15, 0.2) is 17.3 Å². The number of nitrogens with zero attached hydrogens (tertiary/aromatic N) is 5. The van der Waals surface area contributed by atoms with E-state index >= 15 is 0 Å². The predicted molar refractivity (Wildman–Crippen MR) is 158 cm³/mol. The van der Waals surface area contributed by atoms with Crippen LogP contribution in [0, 0.1) is 13.8 Å². The van der Waals surface area contributed by atoms with Crippen molar-refractivity contribution < 1.29 is 14.2 Å². The molecule has 1 fully saturated rings. The molecule has 0 unspecified atom stereocenters. The van der Waals surface area contributed by atoms with E-state index in [1.54, 1.807) is 14.2 Å². The zero-order valence-corrected chi connectivity index (χ0v) is 24.6. The Labute approximate surface area is 240 Å². The van der Waals surface area contributed by atoms with Gasteiger partial charge < -0.3 is 19.2 Å². The van der Waals surface area contributed by atoms with E-state index in [1.165, 1.54) is 0 Å². The second-order valence-electron chi connectivity index (χ2n) is 10.9. The largest absolute Gasteiger partial charge is 0.493 e. The van der Waals surface area contributed by atoms with Gasteiger partial charge in [-0.3, -0.25) is 9.69 Å². The van der Waals surface area contributed by atoms with Crippen LogP contribution in [0.4, 0.5) is 0 Å². The van der Waals surface area contributed by atoms with Crippen LogP contribution in [-0.2, 0) is 24.2 Å². The number of fused-ring (bicyclic) bond motifs is 1. The molecule has 2 atom stereocenters. The lowest BCUT2D eigenvalue weighted by molar-refractivity contribution is 0.0893. The van der Waals surface area contributed by atoms with Crippen molar-refractivity contribution >= 4 is 10.9 Å². The topological polar surface area (TPSA) is 107 Å². The highest BCUT2D eigenvalue weighted by Crippen LogP contribution is 2.30. The monoisotopic (exact) mass is 560 g/mol. The zero-order valence-electron chi connectivity index (χ0n) is 24.6. The molecule has 0 saturated carbocycles. The third-order valence-electron chi connectivity index (χ3n) is 7.98. The molecule has 4 aromatic rings. The van der Waals surface area contributed by atoms with Gasteiger partial charge in [0.2, 0.25) is 0 Å². The maximum absolute atomic E-state index is 13.3. The first-order valence-electron chi connectivity index (χ1n) is 14.4. The number of pyridine rings is 1. The number of aryl methyl sites for hydroxylation is 2. The standard InChI is InChI=1S/C31H40N6O4/c1-6-27(30-33-34-35-37(30)19-24-8-7-13-41-24)36(12-11-22-9-10-28(39-4)29(16-22)40-5)18-23-17-25-21(3)14-20(2)15-26(25)32-31(23)38/h9-10,14-17,24,27H,6-8,11-13,18-19H2,1-5H3,(H,32,38)/t24-,27-/m1/s1. The van der Waals surface area contributed by atoms with Crippen LogP contribution in [0.25, 0.3) is 10.9 Å². The Hall–Kier alpha value is -3.76. The Kier molecular flexibility index (Phi) is 8.99. The zero-order chi connectivity index (χ0) is 28.9. The summed E-state index contributed by atoms with van der Waals surface area (Å²) in [5.41, 5.74) is 4.88. The van der Waals surface area contributed by atoms with Gasteiger partial charge in [0.1, 0.15) is 0 Å². The van der Waals surface area contributed by atoms with Gasteiger partial charge in [-0.25, -0.2) is 4.68 Å². The fourth-order valence-corrected chi connectivity index (χ4v) is 5.87. The minimum atomic E-state index is -0.0965. The average Bonchev–Trinajstić information content (AvgIpc) is 3.65. The molecule has 5 rings (SSSR count). The minimum Gasteiger partial charge on any atom is -0.493 e. The van der Waals surface area contributed by atoms with Crippen LogP contribution in [0.5, 0.6) is 11.5 Å². The van der Waals surface area contributed by atoms with Crippen molar-refractivity contribution in [1.29, 1.82) is 0 Å². The van der Waals surface area contributed by atoms with Crippen molar-refractivity contribution in [2.45, 2.75) is 71.7 Å². The number of tetrazole rings is 1. The molecule has 0 bridgehead atoms. The molecule has 41 heavy (non-hydrogen) atoms. The summed E-state index contributed by atoms with van der Waals surface area (Å²) in [5, 5.41) is 13.9. The lowest BCUT2D eigenvalue weighted by Gasteiger charge is -2.30. The van der Waals surface area contributed by atoms with Crippen molar-refractivity contribution in [3.05, 3.63) is 74.8 Å². The van der Waals surface area contributed by atoms with Gasteiger partial charge >= 0.3 is 0 Å². The van der Waals surface area contributed by atoms with E-state index in [-0.39, 0.29) is 17.7 Å². The maximum atomic E-state index is 13.3. The van der Waals surface area contributed by atoms with Crippen molar-refractivity contribution in [2.24, 2.45) is 0 Å². The molecule has 1 aliphatic heterocycles. The highest BCUT2D eigenvalue weighted by molar-refractivity contribution is 5.83. The van der Waals surface area contributed by atoms with Crippen molar-refractivity contribution in [1.82, 2.24) is 30.1 Å². The first-order chi connectivity index (χ1) is 19.9. The second kappa shape index (κ2) is 12.8. The predicted octanol–water partition coefficient (Wildman–Crippen LogP) is 4.52. The molecule has 1 N–H and O–H groups in total. The quantitative estimate of drug-likeness (QED) is 0.270. The van der Waals surface area contributed by atoms with Gasteiger partial charge in [0.25, 0.3) is 5.56 Å². The summed E-state index contributed by atoms with van der Waals surface area (Å²) in [7, 11) is 3.28. The van der Waals surface area contributed by atoms with Gasteiger partial charge in [-0.1, -0.05) is 19.1 Å². The molecular weight excluding hydrogens is 520 g/mol. The Morgan fingerprint density at radius 3 is 2.71 bits per heavy atom. The molecule has 2 aromatic carbocycles. The lowest BCUT2D eigenvalue weighted by atomic mass is 10.0. The van der Waals surface area contributed by atoms with Gasteiger partial charge in [-0.05, 0) is 90.9 Å². The minimum absolute atomic E-state index is 0.0765. The summed E-state index contributed by atoms with van der Waals surface area (Å²) < 4.78 is 18.7. The first kappa shape index (κ1) is 28.8. The van der Waals surface area contributed by atoms with Gasteiger partial charge in [-0.15, -0.1) is 5.10 Å². The fraction of sp³-hybridized carbons (Fsp3) is 0.484. The summed E-state index contributed by atoms with van der Waals surface area (Å²) in [5.74, 6) is 2.18. The van der Waals surface area contributed by atoms with E-state index in [0.717, 1.165) is 65.7 Å². The summed E-state index contributed by atoms with van der Waals surface area (Å²) in [6.07, 6.45) is 3.70. The number of H-pyrrole nitrogens is 1. The molecule has 218 valence electrons. The summed E-state index contributed by atoms with van der Waals surface area (Å²) in [6, 6.07) is 12.1. The van der Waals surface area contributed by atoms with Crippen molar-refractivity contribution in [3.8, 4) is 11.5 Å². The molecule has 10 heteroatoms. The van der Waals surface area contributed by atoms with Gasteiger partial charge in [-0.2, -0.15) is 0 Å². The maximum Gasteiger partial charge on any atom is 0.252 e. The number of aromatic amines is 1. The number of hydrogen-bond acceptors (Lipinski definition) is 8. The van der Waals surface area contributed by atoms with Crippen LogP contribution in [0.2, 0.25) is 0 Å². The molecule has 0 radical (unpaired) electrons. The Balaban J connectivity index is 1.48. The molecule has 0 aliphatic carbocycles. The second-order valence-corrected chi connectivity index (χ2v) is 10.9. The van der Waals surface area contributed by atoms with E-state index in [2.05, 4.69) is 51.4 Å². The third-order valence-corrected chi connectivity index (χ3v) is 7.98. The first-order valence-corrected chi connectivity index (χ1v) is 14.4. The smallest absolute Gasteiger partial charge is 0.252 e. The van der Waals surface area contributed by atoms with Crippen LogP contribution in [0.3, 0.4) is 0 Å². The van der Waals surface area contributed by atoms with Crippen LogP contribution < -0.4 is 15.0 Å². The molecule has 3 heterocycles. The number of ether oxygens (including phenoxy) is 3. The number of benzene rings is 2. The Morgan fingerprint density at radius 2 is 1.98 bits per heavy atom. The van der Waals surface area contributed by atoms with Crippen LogP contribution in [-0.4, -0.2) is 63.6 Å². The van der Waals surface area contributed by atoms with E-state index < -0.39 is 0 Å². The highest BCUT2D eigenvalue weighted by atomic mass is 16.5. The van der Waals surface area contributed by atoms with Crippen molar-refractivity contribution in [2.75, 3.05) is 27.4 Å². The normalized spacial score (nSPS) is 16.0. The fourth-order valence-electron chi connectivity index (χ4n) is 5.87. The summed E-state index contributed by atoms with van der Waals surface area (Å²) in [6.45, 7) is 8.80. The van der Waals surface area contributed by atoms with Crippen LogP contribution in [0.1, 0.15) is 60.3 Å². The number of rotatable bonds is 12. The highest BCUT2D eigenvalue weighted by Gasteiger charge is 2.28. The molecule has 0 spiro atoms. The molecule has 10 nitrogen and oxygen atoms in total. The van der Waals surface area contributed by atoms with Gasteiger partial charge in [0, 0.05) is 36.2 Å². The Morgan fingerprint density at radius 1 is 1.15 bits per heavy atom. The molecule has 2 aromatic heterocycles. The number of aromatic nitrogens is 5. The SMILES string of the molecule is CC[C@H](c1nnnn1C[C@H]1CCCO1)N(CCc1ccc(OC)c(OC)c1)Cc1cc2c(C)cc(C)cc2[nH]c1=O. The van der Waals surface area contributed by atoms with Crippen LogP contribution in [0.15, 0.2) is 41.2 Å². The van der Waals surface area contributed by atoms with E-state index in [4.69, 9.17) is 14.2 Å². The number of nitrogens with one attached hydrogen (secondary N) is 1. The number of hydrogen-bond donors (Lipinski definition) is 1. The Bertz CT molecular complexity index is 1540. The average molecular weight is 561 g/mol. The molecule has 1 saturated heterocycles.